The van der Waals surface area contributed by atoms with Crippen molar-refractivity contribution >= 4 is 11.9 Å². The van der Waals surface area contributed by atoms with Crippen LogP contribution in [0.3, 0.4) is 0 Å². The Morgan fingerprint density at radius 3 is 2.77 bits per heavy atom. The minimum Gasteiger partial charge on any atom is -0.480 e. The van der Waals surface area contributed by atoms with Crippen LogP contribution in [0.2, 0.25) is 0 Å². The van der Waals surface area contributed by atoms with Crippen LogP contribution in [0.15, 0.2) is 31.0 Å². The SMILES string of the molecule is C=CCO[C@@H]1CN(C(=O)c2cccnc2OC)[C@@H]2CCCO[C@@H]21.O=C(O)C(F)(F)F. The fraction of sp³-hybridized carbons (Fsp3) is 0.526. The molecule has 0 aromatic carbocycles. The third-order valence-corrected chi connectivity index (χ3v) is 4.60. The van der Waals surface area contributed by atoms with E-state index in [1.54, 1.807) is 24.4 Å². The average Bonchev–Trinajstić information content (AvgIpc) is 3.10. The average molecular weight is 432 g/mol. The number of pyridine rings is 1. The molecule has 1 amide bonds. The first kappa shape index (κ1) is 23.6. The Labute approximate surface area is 171 Å². The number of aromatic nitrogens is 1. The molecule has 2 aliphatic rings. The van der Waals surface area contributed by atoms with Crippen molar-refractivity contribution in [3.05, 3.63) is 36.5 Å². The van der Waals surface area contributed by atoms with Gasteiger partial charge in [0.05, 0.1) is 26.3 Å². The molecule has 3 rings (SSSR count). The second-order valence-corrected chi connectivity index (χ2v) is 6.53. The van der Waals surface area contributed by atoms with Crippen LogP contribution in [-0.4, -0.2) is 78.2 Å². The van der Waals surface area contributed by atoms with E-state index in [9.17, 15) is 18.0 Å². The van der Waals surface area contributed by atoms with Crippen LogP contribution < -0.4 is 4.74 Å². The molecule has 1 N–H and O–H groups in total. The zero-order chi connectivity index (χ0) is 22.3. The standard InChI is InChI=1S/C17H22N2O4.C2HF3O2/c1-3-9-22-14-11-19(13-7-5-10-23-15(13)14)17(20)12-6-4-8-18-16(12)21-2;3-2(4,5)1(6)7/h3-4,6,8,13-15H,1,5,7,9-11H2,2H3;(H,6,7)/t13-,14-,15+;/m1./s1. The molecule has 3 atom stereocenters. The number of alkyl halides is 3. The normalized spacial score (nSPS) is 23.1. The first-order chi connectivity index (χ1) is 14.2. The lowest BCUT2D eigenvalue weighted by Gasteiger charge is -2.32. The van der Waals surface area contributed by atoms with Crippen molar-refractivity contribution in [3.8, 4) is 5.88 Å². The molecule has 0 spiro atoms. The summed E-state index contributed by atoms with van der Waals surface area (Å²) < 4.78 is 48.7. The zero-order valence-electron chi connectivity index (χ0n) is 16.3. The molecule has 1 aromatic rings. The van der Waals surface area contributed by atoms with Gasteiger partial charge in [-0.1, -0.05) is 6.08 Å². The molecular weight excluding hydrogens is 409 g/mol. The van der Waals surface area contributed by atoms with E-state index < -0.39 is 12.1 Å². The van der Waals surface area contributed by atoms with E-state index >= 15 is 0 Å². The first-order valence-electron chi connectivity index (χ1n) is 9.14. The number of carbonyl (C=O) groups excluding carboxylic acids is 1. The molecule has 1 aromatic heterocycles. The summed E-state index contributed by atoms with van der Waals surface area (Å²) >= 11 is 0. The van der Waals surface area contributed by atoms with Crippen molar-refractivity contribution in [1.29, 1.82) is 0 Å². The number of amides is 1. The first-order valence-corrected chi connectivity index (χ1v) is 9.14. The van der Waals surface area contributed by atoms with E-state index in [0.717, 1.165) is 12.8 Å². The highest BCUT2D eigenvalue weighted by Gasteiger charge is 2.47. The summed E-state index contributed by atoms with van der Waals surface area (Å²) in [7, 11) is 1.52. The van der Waals surface area contributed by atoms with Crippen molar-refractivity contribution in [3.63, 3.8) is 0 Å². The lowest BCUT2D eigenvalue weighted by molar-refractivity contribution is -0.192. The van der Waals surface area contributed by atoms with Gasteiger partial charge in [-0.15, -0.1) is 6.58 Å². The molecule has 0 radical (unpaired) electrons. The molecule has 0 unspecified atom stereocenters. The molecule has 2 aliphatic heterocycles. The molecule has 2 fully saturated rings. The summed E-state index contributed by atoms with van der Waals surface area (Å²) in [5.41, 5.74) is 0.476. The Balaban J connectivity index is 0.000000396. The maximum atomic E-state index is 13.0. The number of aliphatic carboxylic acids is 1. The monoisotopic (exact) mass is 432 g/mol. The molecule has 11 heteroatoms. The van der Waals surface area contributed by atoms with E-state index in [2.05, 4.69) is 11.6 Å². The molecule has 2 saturated heterocycles. The van der Waals surface area contributed by atoms with Gasteiger partial charge in [0.25, 0.3) is 5.91 Å². The predicted molar refractivity (Wildman–Crippen MR) is 98.2 cm³/mol. The molecular formula is C19H23F3N2O6. The van der Waals surface area contributed by atoms with Crippen LogP contribution in [0.1, 0.15) is 23.2 Å². The van der Waals surface area contributed by atoms with Gasteiger partial charge in [-0.05, 0) is 25.0 Å². The number of ether oxygens (including phenoxy) is 3. The van der Waals surface area contributed by atoms with Crippen LogP contribution in [-0.2, 0) is 14.3 Å². The molecule has 0 bridgehead atoms. The Bertz CT molecular complexity index is 758. The molecule has 166 valence electrons. The quantitative estimate of drug-likeness (QED) is 0.713. The number of fused-ring (bicyclic) bond motifs is 1. The Hall–Kier alpha value is -2.66. The van der Waals surface area contributed by atoms with E-state index in [4.69, 9.17) is 24.1 Å². The number of likely N-dealkylation sites (tertiary alicyclic amines) is 1. The number of hydrogen-bond donors (Lipinski definition) is 1. The third kappa shape index (κ3) is 5.70. The van der Waals surface area contributed by atoms with Crippen molar-refractivity contribution in [2.45, 2.75) is 37.3 Å². The maximum absolute atomic E-state index is 13.0. The van der Waals surface area contributed by atoms with Crippen LogP contribution in [0.4, 0.5) is 13.2 Å². The lowest BCUT2D eigenvalue weighted by Crippen LogP contribution is -2.44. The van der Waals surface area contributed by atoms with Gasteiger partial charge in [-0.25, -0.2) is 9.78 Å². The van der Waals surface area contributed by atoms with Crippen LogP contribution in [0, 0.1) is 0 Å². The summed E-state index contributed by atoms with van der Waals surface area (Å²) in [6.45, 7) is 5.36. The lowest BCUT2D eigenvalue weighted by atomic mass is 10.0. The highest BCUT2D eigenvalue weighted by molar-refractivity contribution is 5.96. The van der Waals surface area contributed by atoms with E-state index in [-0.39, 0.29) is 24.2 Å². The van der Waals surface area contributed by atoms with Crippen molar-refractivity contribution in [1.82, 2.24) is 9.88 Å². The highest BCUT2D eigenvalue weighted by atomic mass is 19.4. The smallest absolute Gasteiger partial charge is 0.480 e. The summed E-state index contributed by atoms with van der Waals surface area (Å²) in [5.74, 6) is -2.49. The third-order valence-electron chi connectivity index (χ3n) is 4.60. The number of hydrogen-bond acceptors (Lipinski definition) is 6. The number of rotatable bonds is 5. The van der Waals surface area contributed by atoms with Crippen molar-refractivity contribution < 1.29 is 42.1 Å². The number of nitrogens with zero attached hydrogens (tertiary/aromatic N) is 2. The van der Waals surface area contributed by atoms with Crippen molar-refractivity contribution in [2.75, 3.05) is 26.9 Å². The van der Waals surface area contributed by atoms with Gasteiger partial charge in [0.15, 0.2) is 0 Å². The van der Waals surface area contributed by atoms with Crippen LogP contribution in [0.25, 0.3) is 0 Å². The Morgan fingerprint density at radius 1 is 1.47 bits per heavy atom. The van der Waals surface area contributed by atoms with Gasteiger partial charge in [-0.2, -0.15) is 13.2 Å². The second kappa shape index (κ2) is 10.4. The predicted octanol–water partition coefficient (Wildman–Crippen LogP) is 2.30. The van der Waals surface area contributed by atoms with Gasteiger partial charge >= 0.3 is 12.1 Å². The second-order valence-electron chi connectivity index (χ2n) is 6.53. The number of carboxylic acids is 1. The molecule has 3 heterocycles. The van der Waals surface area contributed by atoms with Gasteiger partial charge in [0.2, 0.25) is 5.88 Å². The van der Waals surface area contributed by atoms with Crippen molar-refractivity contribution in [2.24, 2.45) is 0 Å². The van der Waals surface area contributed by atoms with E-state index in [1.807, 2.05) is 4.90 Å². The molecule has 8 nitrogen and oxygen atoms in total. The molecule has 0 aliphatic carbocycles. The summed E-state index contributed by atoms with van der Waals surface area (Å²) in [4.78, 5) is 27.8. The zero-order valence-corrected chi connectivity index (χ0v) is 16.3. The van der Waals surface area contributed by atoms with Crippen LogP contribution >= 0.6 is 0 Å². The van der Waals surface area contributed by atoms with E-state index in [1.165, 1.54) is 7.11 Å². The van der Waals surface area contributed by atoms with Gasteiger partial charge in [0.1, 0.15) is 17.8 Å². The summed E-state index contributed by atoms with van der Waals surface area (Å²) in [5, 5.41) is 7.12. The van der Waals surface area contributed by atoms with E-state index in [0.29, 0.717) is 31.2 Å². The Morgan fingerprint density at radius 2 is 2.17 bits per heavy atom. The fourth-order valence-corrected chi connectivity index (χ4v) is 3.35. The number of methoxy groups -OCH3 is 1. The number of halogens is 3. The Kier molecular flexibility index (Phi) is 8.18. The van der Waals surface area contributed by atoms with Crippen LogP contribution in [0.5, 0.6) is 5.88 Å². The summed E-state index contributed by atoms with van der Waals surface area (Å²) in [6.07, 6.45) is -0.0783. The number of carboxylic acid groups (broad SMARTS) is 1. The minimum absolute atomic E-state index is 0.0379. The summed E-state index contributed by atoms with van der Waals surface area (Å²) in [6, 6.07) is 3.52. The molecule has 30 heavy (non-hydrogen) atoms. The largest absolute Gasteiger partial charge is 0.490 e. The van der Waals surface area contributed by atoms with Gasteiger partial charge < -0.3 is 24.2 Å². The van der Waals surface area contributed by atoms with Gasteiger partial charge in [-0.3, -0.25) is 4.79 Å². The highest BCUT2D eigenvalue weighted by Crippen LogP contribution is 2.32. The number of carbonyl (C=O) groups is 2. The van der Waals surface area contributed by atoms with Gasteiger partial charge in [0, 0.05) is 12.8 Å². The maximum Gasteiger partial charge on any atom is 0.490 e. The minimum atomic E-state index is -5.08. The fourth-order valence-electron chi connectivity index (χ4n) is 3.35. The molecule has 0 saturated carbocycles. The topological polar surface area (TPSA) is 98.2 Å².